The van der Waals surface area contributed by atoms with E-state index in [0.29, 0.717) is 4.68 Å². The third-order valence-electron chi connectivity index (χ3n) is 4.95. The standard InChI is InChI=1S/C19H17F5N6O2/c20-10-1-2-16(26-6-10)27-17-11-7-25-13(5-14(11)30(28-17)9-19(22,23)24)18(32)29-4-3-15(31)12(21)8-29/h1-2,5-7,12,15,31H,3-4,8-9H2,(H,26,27,28). The third-order valence-corrected chi connectivity index (χ3v) is 4.95. The molecule has 1 fully saturated rings. The molecular weight excluding hydrogens is 439 g/mol. The minimum absolute atomic E-state index is 0.0141. The SMILES string of the molecule is O=C(c1cc2c(cn1)c(Nc1ccc(F)cn1)nn2CC(F)(F)F)N1CCC(O)C(F)C1. The number of piperidine rings is 1. The molecule has 1 aliphatic rings. The smallest absolute Gasteiger partial charge is 0.390 e. The van der Waals surface area contributed by atoms with E-state index in [-0.39, 0.29) is 47.7 Å². The first-order valence-corrected chi connectivity index (χ1v) is 9.54. The van der Waals surface area contributed by atoms with Crippen LogP contribution in [0.4, 0.5) is 33.6 Å². The second-order valence-corrected chi connectivity index (χ2v) is 7.32. The molecule has 1 saturated heterocycles. The van der Waals surface area contributed by atoms with Gasteiger partial charge in [-0.1, -0.05) is 0 Å². The number of nitrogens with one attached hydrogen (secondary N) is 1. The van der Waals surface area contributed by atoms with Gasteiger partial charge in [0, 0.05) is 12.7 Å². The maximum absolute atomic E-state index is 13.8. The van der Waals surface area contributed by atoms with Crippen LogP contribution in [0.5, 0.6) is 0 Å². The minimum Gasteiger partial charge on any atom is -0.390 e. The predicted molar refractivity (Wildman–Crippen MR) is 102 cm³/mol. The van der Waals surface area contributed by atoms with Crippen molar-refractivity contribution < 1.29 is 31.9 Å². The monoisotopic (exact) mass is 456 g/mol. The van der Waals surface area contributed by atoms with Gasteiger partial charge in [0.2, 0.25) is 0 Å². The first-order valence-electron chi connectivity index (χ1n) is 9.54. The van der Waals surface area contributed by atoms with Gasteiger partial charge in [-0.2, -0.15) is 18.3 Å². The lowest BCUT2D eigenvalue weighted by Crippen LogP contribution is -2.47. The normalized spacial score (nSPS) is 19.4. The molecule has 2 atom stereocenters. The molecule has 0 saturated carbocycles. The van der Waals surface area contributed by atoms with E-state index in [2.05, 4.69) is 20.4 Å². The molecule has 2 unspecified atom stereocenters. The van der Waals surface area contributed by atoms with Crippen LogP contribution in [0.15, 0.2) is 30.6 Å². The van der Waals surface area contributed by atoms with Crippen molar-refractivity contribution in [3.05, 3.63) is 42.1 Å². The molecule has 13 heteroatoms. The van der Waals surface area contributed by atoms with Crippen LogP contribution in [0.2, 0.25) is 0 Å². The van der Waals surface area contributed by atoms with Crippen molar-refractivity contribution in [2.75, 3.05) is 18.4 Å². The van der Waals surface area contributed by atoms with Crippen molar-refractivity contribution in [2.24, 2.45) is 0 Å². The van der Waals surface area contributed by atoms with E-state index in [0.717, 1.165) is 23.2 Å². The molecule has 1 aliphatic heterocycles. The number of aliphatic hydroxyl groups excluding tert-OH is 1. The number of nitrogens with zero attached hydrogens (tertiary/aromatic N) is 5. The molecule has 170 valence electrons. The van der Waals surface area contributed by atoms with Crippen molar-refractivity contribution in [3.8, 4) is 0 Å². The number of hydrogen-bond acceptors (Lipinski definition) is 6. The number of pyridine rings is 2. The highest BCUT2D eigenvalue weighted by molar-refractivity contribution is 5.98. The number of alkyl halides is 4. The molecule has 0 aromatic carbocycles. The predicted octanol–water partition coefficient (Wildman–Crippen LogP) is 2.82. The van der Waals surface area contributed by atoms with Crippen LogP contribution < -0.4 is 5.32 Å². The summed E-state index contributed by atoms with van der Waals surface area (Å²) in [5.41, 5.74) is -0.213. The highest BCUT2D eigenvalue weighted by Gasteiger charge is 2.33. The molecule has 32 heavy (non-hydrogen) atoms. The van der Waals surface area contributed by atoms with Crippen molar-refractivity contribution in [1.82, 2.24) is 24.6 Å². The highest BCUT2D eigenvalue weighted by atomic mass is 19.4. The van der Waals surface area contributed by atoms with Crippen molar-refractivity contribution in [2.45, 2.75) is 31.4 Å². The van der Waals surface area contributed by atoms with E-state index < -0.39 is 36.7 Å². The number of hydrogen-bond donors (Lipinski definition) is 2. The molecule has 0 spiro atoms. The van der Waals surface area contributed by atoms with Crippen LogP contribution in [0.3, 0.4) is 0 Å². The average Bonchev–Trinajstić information content (AvgIpc) is 3.06. The summed E-state index contributed by atoms with van der Waals surface area (Å²) in [6, 6.07) is 3.55. The van der Waals surface area contributed by atoms with Crippen LogP contribution in [0, 0.1) is 5.82 Å². The summed E-state index contributed by atoms with van der Waals surface area (Å²) >= 11 is 0. The van der Waals surface area contributed by atoms with Gasteiger partial charge < -0.3 is 15.3 Å². The molecule has 3 aromatic heterocycles. The number of rotatable bonds is 4. The zero-order valence-electron chi connectivity index (χ0n) is 16.4. The minimum atomic E-state index is -4.59. The third kappa shape index (κ3) is 4.61. The molecular formula is C19H17F5N6O2. The van der Waals surface area contributed by atoms with Crippen molar-refractivity contribution in [3.63, 3.8) is 0 Å². The van der Waals surface area contributed by atoms with Crippen molar-refractivity contribution >= 4 is 28.4 Å². The second kappa shape index (κ2) is 8.30. The summed E-state index contributed by atoms with van der Waals surface area (Å²) in [7, 11) is 0. The fraction of sp³-hybridized carbons (Fsp3) is 0.368. The Bertz CT molecular complexity index is 1130. The zero-order valence-corrected chi connectivity index (χ0v) is 16.4. The van der Waals surface area contributed by atoms with E-state index in [1.807, 2.05) is 0 Å². The molecule has 0 bridgehead atoms. The maximum Gasteiger partial charge on any atom is 0.408 e. The Balaban J connectivity index is 1.69. The number of aliphatic hydroxyl groups is 1. The Morgan fingerprint density at radius 2 is 2.03 bits per heavy atom. The molecule has 4 rings (SSSR count). The quantitative estimate of drug-likeness (QED) is 0.587. The largest absolute Gasteiger partial charge is 0.408 e. The highest BCUT2D eigenvalue weighted by Crippen LogP contribution is 2.29. The summed E-state index contributed by atoms with van der Waals surface area (Å²) in [4.78, 5) is 21.7. The molecule has 4 heterocycles. The van der Waals surface area contributed by atoms with E-state index in [1.165, 1.54) is 12.3 Å². The number of carbonyl (C=O) groups is 1. The second-order valence-electron chi connectivity index (χ2n) is 7.32. The van der Waals surface area contributed by atoms with Gasteiger partial charge in [0.25, 0.3) is 5.91 Å². The van der Waals surface area contributed by atoms with Gasteiger partial charge in [0.1, 0.15) is 30.0 Å². The fourth-order valence-electron chi connectivity index (χ4n) is 3.38. The van der Waals surface area contributed by atoms with Gasteiger partial charge in [0.05, 0.1) is 29.7 Å². The Morgan fingerprint density at radius 1 is 1.25 bits per heavy atom. The molecule has 8 nitrogen and oxygen atoms in total. The van der Waals surface area contributed by atoms with Gasteiger partial charge in [-0.25, -0.2) is 13.8 Å². The topological polar surface area (TPSA) is 96.2 Å². The van der Waals surface area contributed by atoms with E-state index in [9.17, 15) is 31.9 Å². The summed E-state index contributed by atoms with van der Waals surface area (Å²) < 4.78 is 66.8. The van der Waals surface area contributed by atoms with Crippen molar-refractivity contribution in [1.29, 1.82) is 0 Å². The Kier molecular flexibility index (Phi) is 5.67. The Morgan fingerprint density at radius 3 is 2.69 bits per heavy atom. The maximum atomic E-state index is 13.8. The molecule has 2 N–H and O–H groups in total. The molecule has 3 aromatic rings. The van der Waals surface area contributed by atoms with Gasteiger partial charge in [-0.15, -0.1) is 0 Å². The van der Waals surface area contributed by atoms with Gasteiger partial charge in [0.15, 0.2) is 5.82 Å². The van der Waals surface area contributed by atoms with Crippen LogP contribution in [-0.2, 0) is 6.54 Å². The van der Waals surface area contributed by atoms with Crippen LogP contribution in [0.1, 0.15) is 16.9 Å². The fourth-order valence-corrected chi connectivity index (χ4v) is 3.38. The number of fused-ring (bicyclic) bond motifs is 1. The van der Waals surface area contributed by atoms with Gasteiger partial charge >= 0.3 is 6.18 Å². The number of halogens is 5. The number of aromatic nitrogens is 4. The van der Waals surface area contributed by atoms with E-state index in [4.69, 9.17) is 0 Å². The Labute approximate surface area is 177 Å². The lowest BCUT2D eigenvalue weighted by atomic mass is 10.1. The summed E-state index contributed by atoms with van der Waals surface area (Å²) in [5, 5.41) is 16.3. The first-order chi connectivity index (χ1) is 15.1. The van der Waals surface area contributed by atoms with Gasteiger partial charge in [-0.05, 0) is 24.6 Å². The number of amides is 1. The van der Waals surface area contributed by atoms with E-state index >= 15 is 0 Å². The van der Waals surface area contributed by atoms with E-state index in [1.54, 1.807) is 0 Å². The summed E-state index contributed by atoms with van der Waals surface area (Å²) in [5.74, 6) is -1.13. The summed E-state index contributed by atoms with van der Waals surface area (Å²) in [6.45, 7) is -1.68. The number of likely N-dealkylation sites (tertiary alicyclic amines) is 1. The number of carbonyl (C=O) groups excluding carboxylic acids is 1. The lowest BCUT2D eigenvalue weighted by Gasteiger charge is -2.31. The van der Waals surface area contributed by atoms with Crippen LogP contribution in [0.25, 0.3) is 10.9 Å². The zero-order chi connectivity index (χ0) is 23.0. The lowest BCUT2D eigenvalue weighted by molar-refractivity contribution is -0.141. The molecule has 0 radical (unpaired) electrons. The van der Waals surface area contributed by atoms with Crippen LogP contribution in [-0.4, -0.2) is 67.2 Å². The van der Waals surface area contributed by atoms with Gasteiger partial charge in [-0.3, -0.25) is 14.5 Å². The Hall–Kier alpha value is -3.35. The first kappa shape index (κ1) is 21.9. The average molecular weight is 456 g/mol. The molecule has 0 aliphatic carbocycles. The van der Waals surface area contributed by atoms with Crippen LogP contribution >= 0.6 is 0 Å². The molecule has 1 amide bonds. The number of anilines is 2. The summed E-state index contributed by atoms with van der Waals surface area (Å²) in [6.07, 6.45) is -5.23.